The Bertz CT molecular complexity index is 743. The Morgan fingerprint density at radius 1 is 0.750 bits per heavy atom. The molecular weight excluding hydrogens is 392 g/mol. The molecule has 0 heterocycles. The van der Waals surface area contributed by atoms with Gasteiger partial charge < -0.3 is 10.2 Å². The van der Waals surface area contributed by atoms with Crippen LogP contribution >= 0.6 is 0 Å². The molecule has 0 aromatic rings. The second-order valence-electron chi connectivity index (χ2n) is 15.0. The first-order valence-electron chi connectivity index (χ1n) is 14.2. The van der Waals surface area contributed by atoms with Gasteiger partial charge in [0, 0.05) is 6.61 Å². The van der Waals surface area contributed by atoms with Crippen LogP contribution in [0, 0.1) is 62.6 Å². The summed E-state index contributed by atoms with van der Waals surface area (Å²) in [5, 5.41) is 21.6. The summed E-state index contributed by atoms with van der Waals surface area (Å²) in [6, 6.07) is 0. The zero-order valence-electron chi connectivity index (χ0n) is 22.2. The highest BCUT2D eigenvalue weighted by Crippen LogP contribution is 2.77. The van der Waals surface area contributed by atoms with Crippen LogP contribution < -0.4 is 0 Å². The highest BCUT2D eigenvalue weighted by atomic mass is 16.3. The second kappa shape index (κ2) is 7.22. The van der Waals surface area contributed by atoms with Crippen LogP contribution in [0.15, 0.2) is 0 Å². The SMILES string of the molecule is CC(C)C1CC[C@]2(CO)CC[C@]3(C)C(CCC4[C@@]5(C)CC[C@H](O)C(C)(C)C5CC[C@]43C)C12. The molecule has 2 N–H and O–H groups in total. The Morgan fingerprint density at radius 2 is 1.47 bits per heavy atom. The van der Waals surface area contributed by atoms with Gasteiger partial charge in [0.1, 0.15) is 0 Å². The Balaban J connectivity index is 1.54. The monoisotopic (exact) mass is 444 g/mol. The number of hydrogen-bond donors (Lipinski definition) is 2. The average molecular weight is 445 g/mol. The minimum absolute atomic E-state index is 0.0406. The van der Waals surface area contributed by atoms with Crippen molar-refractivity contribution < 1.29 is 10.2 Å². The summed E-state index contributed by atoms with van der Waals surface area (Å²) >= 11 is 0. The van der Waals surface area contributed by atoms with Crippen LogP contribution in [-0.2, 0) is 0 Å². The van der Waals surface area contributed by atoms with Crippen molar-refractivity contribution in [3.05, 3.63) is 0 Å². The number of aliphatic hydroxyl groups is 2. The summed E-state index contributed by atoms with van der Waals surface area (Å²) in [4.78, 5) is 0. The van der Waals surface area contributed by atoms with Gasteiger partial charge in [0.2, 0.25) is 0 Å². The van der Waals surface area contributed by atoms with Gasteiger partial charge in [-0.25, -0.2) is 0 Å². The molecule has 0 radical (unpaired) electrons. The van der Waals surface area contributed by atoms with Gasteiger partial charge in [-0.1, -0.05) is 48.5 Å². The molecule has 2 heteroatoms. The molecule has 0 aliphatic heterocycles. The lowest BCUT2D eigenvalue weighted by atomic mass is 9.32. The molecule has 0 saturated heterocycles. The highest BCUT2D eigenvalue weighted by molar-refractivity contribution is 5.19. The van der Waals surface area contributed by atoms with Crippen molar-refractivity contribution in [1.29, 1.82) is 0 Å². The Hall–Kier alpha value is -0.0800. The van der Waals surface area contributed by atoms with Gasteiger partial charge in [-0.2, -0.15) is 0 Å². The van der Waals surface area contributed by atoms with Crippen molar-refractivity contribution in [1.82, 2.24) is 0 Å². The number of rotatable bonds is 2. The van der Waals surface area contributed by atoms with Gasteiger partial charge >= 0.3 is 0 Å². The average Bonchev–Trinajstić information content (AvgIpc) is 3.12. The van der Waals surface area contributed by atoms with Crippen LogP contribution in [0.4, 0.5) is 0 Å². The zero-order chi connectivity index (χ0) is 23.3. The summed E-state index contributed by atoms with van der Waals surface area (Å²) in [6.45, 7) is 18.1. The molecule has 5 aliphatic rings. The van der Waals surface area contributed by atoms with E-state index in [0.717, 1.165) is 36.0 Å². The fourth-order valence-electron chi connectivity index (χ4n) is 11.8. The topological polar surface area (TPSA) is 40.5 Å². The van der Waals surface area contributed by atoms with Gasteiger partial charge in [0.25, 0.3) is 0 Å². The van der Waals surface area contributed by atoms with Gasteiger partial charge in [-0.3, -0.25) is 0 Å². The molecule has 0 spiro atoms. The molecule has 0 aromatic heterocycles. The van der Waals surface area contributed by atoms with E-state index in [4.69, 9.17) is 0 Å². The summed E-state index contributed by atoms with van der Waals surface area (Å²) < 4.78 is 0. The fourth-order valence-corrected chi connectivity index (χ4v) is 11.8. The first-order valence-corrected chi connectivity index (χ1v) is 14.2. The van der Waals surface area contributed by atoms with Gasteiger partial charge in [0.15, 0.2) is 0 Å². The molecule has 5 fully saturated rings. The van der Waals surface area contributed by atoms with E-state index in [2.05, 4.69) is 48.5 Å². The normalized spacial score (nSPS) is 56.8. The smallest absolute Gasteiger partial charge is 0.0594 e. The largest absolute Gasteiger partial charge is 0.396 e. The maximum Gasteiger partial charge on any atom is 0.0594 e. The maximum atomic E-state index is 10.9. The lowest BCUT2D eigenvalue weighted by Gasteiger charge is -2.73. The van der Waals surface area contributed by atoms with Crippen molar-refractivity contribution in [2.75, 3.05) is 6.61 Å². The van der Waals surface area contributed by atoms with Gasteiger partial charge in [-0.05, 0) is 127 Å². The van der Waals surface area contributed by atoms with E-state index < -0.39 is 0 Å². The van der Waals surface area contributed by atoms with Crippen LogP contribution in [0.5, 0.6) is 0 Å². The van der Waals surface area contributed by atoms with Crippen LogP contribution in [-0.4, -0.2) is 22.9 Å². The third-order valence-corrected chi connectivity index (χ3v) is 13.8. The van der Waals surface area contributed by atoms with Gasteiger partial charge in [-0.15, -0.1) is 0 Å². The molecule has 32 heavy (non-hydrogen) atoms. The third-order valence-electron chi connectivity index (χ3n) is 13.8. The molecule has 5 rings (SSSR count). The van der Waals surface area contributed by atoms with Crippen molar-refractivity contribution in [3.63, 3.8) is 0 Å². The number of aliphatic hydroxyl groups excluding tert-OH is 2. The molecule has 0 amide bonds. The van der Waals surface area contributed by atoms with Crippen molar-refractivity contribution in [2.45, 2.75) is 119 Å². The summed E-state index contributed by atoms with van der Waals surface area (Å²) in [6.07, 6.45) is 12.6. The lowest BCUT2D eigenvalue weighted by Crippen LogP contribution is -2.66. The second-order valence-corrected chi connectivity index (χ2v) is 15.0. The molecular formula is C30H52O2. The predicted octanol–water partition coefficient (Wildman–Crippen LogP) is 7.08. The number of fused-ring (bicyclic) bond motifs is 7. The van der Waals surface area contributed by atoms with E-state index in [0.29, 0.717) is 28.8 Å². The molecule has 10 atom stereocenters. The molecule has 5 saturated carbocycles. The van der Waals surface area contributed by atoms with Crippen LogP contribution in [0.2, 0.25) is 0 Å². The minimum Gasteiger partial charge on any atom is -0.396 e. The van der Waals surface area contributed by atoms with Crippen molar-refractivity contribution in [3.8, 4) is 0 Å². The van der Waals surface area contributed by atoms with Crippen molar-refractivity contribution >= 4 is 0 Å². The van der Waals surface area contributed by atoms with E-state index >= 15 is 0 Å². The van der Waals surface area contributed by atoms with Crippen LogP contribution in [0.25, 0.3) is 0 Å². The van der Waals surface area contributed by atoms with Crippen LogP contribution in [0.1, 0.15) is 113 Å². The molecule has 0 aromatic carbocycles. The minimum atomic E-state index is -0.137. The van der Waals surface area contributed by atoms with E-state index in [1.54, 1.807) is 0 Å². The third kappa shape index (κ3) is 2.72. The summed E-state index contributed by atoms with van der Waals surface area (Å²) in [5.74, 6) is 4.45. The van der Waals surface area contributed by atoms with E-state index in [-0.39, 0.29) is 16.9 Å². The first kappa shape index (κ1) is 23.7. The molecule has 5 unspecified atom stereocenters. The quantitative estimate of drug-likeness (QED) is 0.478. The molecule has 5 aliphatic carbocycles. The zero-order valence-corrected chi connectivity index (χ0v) is 22.2. The summed E-state index contributed by atoms with van der Waals surface area (Å²) in [7, 11) is 0. The Labute approximate surface area is 198 Å². The van der Waals surface area contributed by atoms with E-state index in [1.165, 1.54) is 57.8 Å². The Kier molecular flexibility index (Phi) is 5.34. The number of hydrogen-bond acceptors (Lipinski definition) is 2. The van der Waals surface area contributed by atoms with Gasteiger partial charge in [0.05, 0.1) is 6.10 Å². The highest BCUT2D eigenvalue weighted by Gasteiger charge is 2.70. The standard InChI is InChI=1S/C30H52O2/c1-19(2)20-10-15-30(18-31)17-16-28(6)21(25(20)30)8-9-23-27(5)13-12-24(32)26(3,4)22(27)11-14-29(23,28)7/h19-25,31-32H,8-18H2,1-7H3/t20?,21?,22?,23?,24-,25?,27-,28+,29+,30+/m0/s1. The van der Waals surface area contributed by atoms with Crippen molar-refractivity contribution in [2.24, 2.45) is 62.6 Å². The first-order chi connectivity index (χ1) is 14.9. The molecule has 184 valence electrons. The van der Waals surface area contributed by atoms with E-state index in [9.17, 15) is 10.2 Å². The lowest BCUT2D eigenvalue weighted by molar-refractivity contribution is -0.251. The molecule has 0 bridgehead atoms. The molecule has 2 nitrogen and oxygen atoms in total. The maximum absolute atomic E-state index is 10.9. The van der Waals surface area contributed by atoms with E-state index in [1.807, 2.05) is 0 Å². The summed E-state index contributed by atoms with van der Waals surface area (Å²) in [5.41, 5.74) is 1.40. The predicted molar refractivity (Wildman–Crippen MR) is 132 cm³/mol. The fraction of sp³-hybridized carbons (Fsp3) is 1.00. The Morgan fingerprint density at radius 3 is 2.12 bits per heavy atom. The van der Waals surface area contributed by atoms with Crippen LogP contribution in [0.3, 0.4) is 0 Å².